The Morgan fingerprint density at radius 2 is 1.79 bits per heavy atom. The number of carbonyl (C=O) groups is 2. The number of rotatable bonds is 5. The van der Waals surface area contributed by atoms with Gasteiger partial charge < -0.3 is 24.7 Å². The minimum absolute atomic E-state index is 0.356. The maximum absolute atomic E-state index is 12.9. The fraction of sp³-hybridized carbons (Fsp3) is 0.207. The Hall–Kier alpha value is -4.79. The van der Waals surface area contributed by atoms with Crippen LogP contribution < -0.4 is 15.4 Å². The first-order chi connectivity index (χ1) is 18.2. The molecule has 0 fully saturated rings. The molecule has 0 unspecified atom stereocenters. The zero-order valence-corrected chi connectivity index (χ0v) is 21.7. The third-order valence-corrected chi connectivity index (χ3v) is 5.97. The summed E-state index contributed by atoms with van der Waals surface area (Å²) in [5.74, 6) is 0.658. The Morgan fingerprint density at radius 3 is 2.58 bits per heavy atom. The molecule has 0 bridgehead atoms. The molecule has 3 aromatic heterocycles. The van der Waals surface area contributed by atoms with Crippen molar-refractivity contribution in [2.24, 2.45) is 0 Å². The number of hydrogen-bond donors (Lipinski definition) is 2. The summed E-state index contributed by atoms with van der Waals surface area (Å²) >= 11 is 0. The lowest BCUT2D eigenvalue weighted by Crippen LogP contribution is -2.26. The van der Waals surface area contributed by atoms with Gasteiger partial charge in [-0.2, -0.15) is 0 Å². The Morgan fingerprint density at radius 1 is 0.974 bits per heavy atom. The number of carbonyl (C=O) groups excluding carboxylic acids is 2. The number of nitrogens with zero attached hydrogens (tertiary/aromatic N) is 3. The van der Waals surface area contributed by atoms with Crippen LogP contribution in [0.15, 0.2) is 79.3 Å². The van der Waals surface area contributed by atoms with Gasteiger partial charge in [0.2, 0.25) is 0 Å². The van der Waals surface area contributed by atoms with Crippen molar-refractivity contribution >= 4 is 45.4 Å². The Balaban J connectivity index is 1.41. The predicted octanol–water partition coefficient (Wildman–Crippen LogP) is 6.48. The lowest BCUT2D eigenvalue weighted by Gasteiger charge is -2.19. The number of pyridine rings is 1. The van der Waals surface area contributed by atoms with Gasteiger partial charge in [0.25, 0.3) is 0 Å². The molecule has 3 heterocycles. The van der Waals surface area contributed by atoms with Crippen molar-refractivity contribution in [2.45, 2.75) is 32.9 Å². The van der Waals surface area contributed by atoms with Gasteiger partial charge in [-0.1, -0.05) is 12.1 Å². The smallest absolute Gasteiger partial charge is 0.420 e. The van der Waals surface area contributed by atoms with Gasteiger partial charge in [0.1, 0.15) is 17.0 Å². The Bertz CT molecular complexity index is 1640. The van der Waals surface area contributed by atoms with Crippen LogP contribution in [-0.2, 0) is 11.3 Å². The maximum Gasteiger partial charge on any atom is 0.420 e. The topological polar surface area (TPSA) is 99.4 Å². The van der Waals surface area contributed by atoms with E-state index >= 15 is 0 Å². The van der Waals surface area contributed by atoms with Crippen LogP contribution in [0.4, 0.5) is 21.0 Å². The van der Waals surface area contributed by atoms with Crippen molar-refractivity contribution in [3.8, 4) is 5.75 Å². The Labute approximate surface area is 220 Å². The van der Waals surface area contributed by atoms with E-state index in [1.165, 1.54) is 4.57 Å². The second-order valence-electron chi connectivity index (χ2n) is 9.87. The molecule has 9 nitrogen and oxygen atoms in total. The molecular weight excluding hydrogens is 482 g/mol. The number of amides is 2. The van der Waals surface area contributed by atoms with Crippen LogP contribution in [-0.4, -0.2) is 39.0 Å². The third kappa shape index (κ3) is 5.17. The second kappa shape index (κ2) is 9.93. The van der Waals surface area contributed by atoms with Crippen molar-refractivity contribution < 1.29 is 19.1 Å². The van der Waals surface area contributed by atoms with Gasteiger partial charge in [-0.15, -0.1) is 0 Å². The summed E-state index contributed by atoms with van der Waals surface area (Å²) in [6.45, 7) is 6.00. The van der Waals surface area contributed by atoms with E-state index in [4.69, 9.17) is 9.47 Å². The summed E-state index contributed by atoms with van der Waals surface area (Å²) in [5, 5.41) is 7.53. The van der Waals surface area contributed by atoms with E-state index in [0.717, 1.165) is 21.9 Å². The second-order valence-corrected chi connectivity index (χ2v) is 9.87. The van der Waals surface area contributed by atoms with Gasteiger partial charge >= 0.3 is 12.1 Å². The normalized spacial score (nSPS) is 11.5. The maximum atomic E-state index is 12.9. The van der Waals surface area contributed by atoms with Gasteiger partial charge in [0.15, 0.2) is 0 Å². The number of nitrogens with one attached hydrogen (secondary N) is 2. The number of fused-ring (bicyclic) bond motifs is 2. The predicted molar refractivity (Wildman–Crippen MR) is 148 cm³/mol. The van der Waals surface area contributed by atoms with Gasteiger partial charge in [-0.25, -0.2) is 19.1 Å². The van der Waals surface area contributed by atoms with E-state index in [2.05, 4.69) is 20.2 Å². The molecule has 2 aromatic carbocycles. The van der Waals surface area contributed by atoms with Crippen molar-refractivity contribution in [1.29, 1.82) is 0 Å². The van der Waals surface area contributed by atoms with Crippen molar-refractivity contribution in [3.63, 3.8) is 0 Å². The highest BCUT2D eigenvalue weighted by molar-refractivity contribution is 6.06. The highest BCUT2D eigenvalue weighted by atomic mass is 16.6. The molecule has 5 aromatic rings. The van der Waals surface area contributed by atoms with E-state index in [-0.39, 0.29) is 6.03 Å². The fourth-order valence-corrected chi connectivity index (χ4v) is 4.34. The van der Waals surface area contributed by atoms with E-state index < -0.39 is 11.7 Å². The first kappa shape index (κ1) is 24.9. The van der Waals surface area contributed by atoms with Crippen molar-refractivity contribution in [1.82, 2.24) is 14.1 Å². The minimum atomic E-state index is -0.623. The van der Waals surface area contributed by atoms with E-state index in [9.17, 15) is 9.59 Å². The van der Waals surface area contributed by atoms with Crippen LogP contribution in [0.5, 0.6) is 5.75 Å². The monoisotopic (exact) mass is 511 g/mol. The summed E-state index contributed by atoms with van der Waals surface area (Å²) in [5.41, 5.74) is 3.09. The van der Waals surface area contributed by atoms with Crippen LogP contribution in [0.25, 0.3) is 21.9 Å². The van der Waals surface area contributed by atoms with Crippen LogP contribution in [0.2, 0.25) is 0 Å². The standard InChI is InChI=1S/C29H29N5O4/c1-29(2,3)38-28(36)34-18-19(22-10-7-14-30-26(22)34)17-33-15-13-23-24(11-6-12-25(23)33)32-27(35)31-20-8-5-9-21(16-20)37-4/h5-16,18H,17H2,1-4H3,(H2,31,32,35). The molecule has 9 heteroatoms. The van der Waals surface area contributed by atoms with E-state index in [1.807, 2.05) is 75.5 Å². The van der Waals surface area contributed by atoms with Gasteiger partial charge in [-0.05, 0) is 68.8 Å². The molecule has 0 atom stereocenters. The zero-order chi connectivity index (χ0) is 26.9. The first-order valence-corrected chi connectivity index (χ1v) is 12.2. The molecule has 5 rings (SSSR count). The van der Waals surface area contributed by atoms with Gasteiger partial charge in [0, 0.05) is 47.7 Å². The molecule has 0 aliphatic rings. The summed E-state index contributed by atoms with van der Waals surface area (Å²) < 4.78 is 14.3. The third-order valence-electron chi connectivity index (χ3n) is 5.97. The van der Waals surface area contributed by atoms with E-state index in [0.29, 0.717) is 29.3 Å². The lowest BCUT2D eigenvalue weighted by molar-refractivity contribution is 0.0543. The highest BCUT2D eigenvalue weighted by Crippen LogP contribution is 2.28. The quantitative estimate of drug-likeness (QED) is 0.282. The number of benzene rings is 2. The average Bonchev–Trinajstić information content (AvgIpc) is 3.46. The molecule has 38 heavy (non-hydrogen) atoms. The molecule has 0 saturated heterocycles. The summed E-state index contributed by atoms with van der Waals surface area (Å²) in [7, 11) is 1.58. The molecule has 2 amide bonds. The molecule has 194 valence electrons. The molecule has 0 radical (unpaired) electrons. The minimum Gasteiger partial charge on any atom is -0.497 e. The molecule has 2 N–H and O–H groups in total. The van der Waals surface area contributed by atoms with E-state index in [1.54, 1.807) is 31.6 Å². The fourth-order valence-electron chi connectivity index (χ4n) is 4.34. The molecule has 0 aliphatic heterocycles. The summed E-state index contributed by atoms with van der Waals surface area (Å²) in [6, 6.07) is 18.3. The highest BCUT2D eigenvalue weighted by Gasteiger charge is 2.21. The van der Waals surface area contributed by atoms with Gasteiger partial charge in [0.05, 0.1) is 18.3 Å². The number of hydrogen-bond acceptors (Lipinski definition) is 5. The lowest BCUT2D eigenvalue weighted by atomic mass is 10.2. The van der Waals surface area contributed by atoms with Crippen LogP contribution in [0, 0.1) is 0 Å². The zero-order valence-electron chi connectivity index (χ0n) is 21.7. The number of methoxy groups -OCH3 is 1. The number of urea groups is 1. The summed E-state index contributed by atoms with van der Waals surface area (Å²) in [4.78, 5) is 30.0. The van der Waals surface area contributed by atoms with Crippen LogP contribution >= 0.6 is 0 Å². The first-order valence-electron chi connectivity index (χ1n) is 12.2. The number of anilines is 2. The number of ether oxygens (including phenoxy) is 2. The Kier molecular flexibility index (Phi) is 6.50. The average molecular weight is 512 g/mol. The molecular formula is C29H29N5O4. The summed E-state index contributed by atoms with van der Waals surface area (Å²) in [6.07, 6.45) is 4.93. The van der Waals surface area contributed by atoms with Crippen LogP contribution in [0.1, 0.15) is 26.3 Å². The SMILES string of the molecule is COc1cccc(NC(=O)Nc2cccc3c2ccn3Cc2cn(C(=O)OC(C)(C)C)c3ncccc23)c1. The van der Waals surface area contributed by atoms with Gasteiger partial charge in [-0.3, -0.25) is 0 Å². The van der Waals surface area contributed by atoms with Crippen LogP contribution in [0.3, 0.4) is 0 Å². The molecule has 0 spiro atoms. The van der Waals surface area contributed by atoms with Crippen molar-refractivity contribution in [3.05, 3.63) is 84.8 Å². The molecule has 0 aliphatic carbocycles. The van der Waals surface area contributed by atoms with Crippen molar-refractivity contribution in [2.75, 3.05) is 17.7 Å². The largest absolute Gasteiger partial charge is 0.497 e. The number of aromatic nitrogens is 3. The molecule has 0 saturated carbocycles.